The third-order valence-corrected chi connectivity index (χ3v) is 21.4. The Bertz CT molecular complexity index is 5560. The molecule has 17 rings (SSSR count). The lowest BCUT2D eigenvalue weighted by atomic mass is 9.91. The van der Waals surface area contributed by atoms with E-state index in [0.717, 1.165) is 157 Å². The van der Waals surface area contributed by atoms with E-state index in [1.807, 2.05) is 72.8 Å². The number of ether oxygens (including phenoxy) is 4. The smallest absolute Gasteiger partial charge is 0.119 e. The van der Waals surface area contributed by atoms with Crippen LogP contribution in [-0.2, 0) is 13.1 Å². The number of methoxy groups -OCH3 is 4. The number of hydrogen-bond acceptors (Lipinski definition) is 8. The van der Waals surface area contributed by atoms with Gasteiger partial charge in [-0.15, -0.1) is 0 Å². The zero-order valence-electron chi connectivity index (χ0n) is 61.9. The zero-order valence-corrected chi connectivity index (χ0v) is 61.9. The zero-order chi connectivity index (χ0) is 74.9. The molecule has 0 saturated heterocycles. The van der Waals surface area contributed by atoms with Gasteiger partial charge in [0.1, 0.15) is 23.0 Å². The largest absolute Gasteiger partial charge is 0.497 e. The first-order valence-electron chi connectivity index (χ1n) is 36.8. The second-order valence-corrected chi connectivity index (χ2v) is 27.3. The fourth-order valence-corrected chi connectivity index (χ4v) is 15.8. The summed E-state index contributed by atoms with van der Waals surface area (Å²) in [6.07, 6.45) is 7.53. The van der Waals surface area contributed by atoms with Crippen molar-refractivity contribution in [2.75, 3.05) is 48.0 Å². The fourth-order valence-electron chi connectivity index (χ4n) is 15.8. The van der Waals surface area contributed by atoms with Crippen molar-refractivity contribution >= 4 is 158 Å². The molecule has 0 bridgehead atoms. The highest BCUT2D eigenvalue weighted by molar-refractivity contribution is 6.14. The molecule has 110 heavy (non-hydrogen) atoms. The minimum absolute atomic E-state index is 0.569. The number of fused-ring (bicyclic) bond motifs is 8. The average Bonchev–Trinajstić information content (AvgIpc) is 1.46. The summed E-state index contributed by atoms with van der Waals surface area (Å²) in [7, 11) is 6.82. The van der Waals surface area contributed by atoms with Crippen molar-refractivity contribution in [3.8, 4) is 23.0 Å². The van der Waals surface area contributed by atoms with Crippen LogP contribution in [0.3, 0.4) is 0 Å². The quantitative estimate of drug-likeness (QED) is 0.0555. The topological polar surface area (TPSA) is 59.7 Å². The van der Waals surface area contributed by atoms with Crippen LogP contribution in [0.25, 0.3) is 89.5 Å². The maximum Gasteiger partial charge on any atom is 0.119 e. The van der Waals surface area contributed by atoms with Crippen LogP contribution in [0, 0.1) is 0 Å². The van der Waals surface area contributed by atoms with E-state index in [2.05, 4.69) is 322 Å². The number of aromatic nitrogens is 2. The molecule has 0 aliphatic heterocycles. The van der Waals surface area contributed by atoms with Gasteiger partial charge >= 0.3 is 0 Å². The van der Waals surface area contributed by atoms with Gasteiger partial charge in [-0.05, 0) is 273 Å². The summed E-state index contributed by atoms with van der Waals surface area (Å²) in [6, 6.07) is 113. The van der Waals surface area contributed by atoms with E-state index in [4.69, 9.17) is 18.9 Å². The molecule has 0 radical (unpaired) electrons. The number of anilines is 12. The van der Waals surface area contributed by atoms with Crippen LogP contribution in [0.5, 0.6) is 23.0 Å². The van der Waals surface area contributed by atoms with Gasteiger partial charge in [0, 0.05) is 125 Å². The lowest BCUT2D eigenvalue weighted by Crippen LogP contribution is -2.10. The molecule has 10 heteroatoms. The van der Waals surface area contributed by atoms with Gasteiger partial charge in [-0.2, -0.15) is 0 Å². The van der Waals surface area contributed by atoms with Gasteiger partial charge in [-0.3, -0.25) is 0 Å². The standard InChI is InChI=1S/C100H80N6O4/c1-9-67-21-29-71(30-22-67)103(75-37-49-83(107-5)50-38-75)79-45-57-97-91(61-79)92-62-80(104(72-31-23-68(10-2)24-32-72)76-39-51-84(108-6)52-40-76)46-58-98(92)101(97)65-95-87-17-13-15-19-89(87)96(90-20-16-14-18-88(90)95)66-102-99-59-47-81(105(73-33-25-69(11-3)26-34-73)77-41-53-85(109-7)54-42-77)63-93(99)94-64-82(48-60-100(94)102)106(74-35-27-70(12-4)28-36-74)78-43-55-86(110-8)56-44-78/h9-64H,1-4,65-66H2,5-8H3. The van der Waals surface area contributed by atoms with Gasteiger partial charge in [0.05, 0.1) is 28.4 Å². The Kier molecular flexibility index (Phi) is 18.5. The van der Waals surface area contributed by atoms with E-state index in [0.29, 0.717) is 13.1 Å². The summed E-state index contributed by atoms with van der Waals surface area (Å²) in [5, 5.41) is 9.18. The maximum atomic E-state index is 5.71. The molecule has 0 N–H and O–H groups in total. The Labute approximate surface area is 641 Å². The van der Waals surface area contributed by atoms with Crippen LogP contribution >= 0.6 is 0 Å². The third kappa shape index (κ3) is 12.7. The van der Waals surface area contributed by atoms with Gasteiger partial charge in [0.15, 0.2) is 0 Å². The molecular formula is C100H80N6O4. The van der Waals surface area contributed by atoms with Crippen molar-refractivity contribution in [1.29, 1.82) is 0 Å². The van der Waals surface area contributed by atoms with Crippen LogP contribution in [0.15, 0.2) is 342 Å². The molecule has 534 valence electrons. The lowest BCUT2D eigenvalue weighted by Gasteiger charge is -2.26. The highest BCUT2D eigenvalue weighted by atomic mass is 16.5. The van der Waals surface area contributed by atoms with Gasteiger partial charge in [-0.1, -0.05) is 148 Å². The number of benzene rings is 15. The fraction of sp³-hybridized carbons (Fsp3) is 0.0600. The van der Waals surface area contributed by atoms with E-state index < -0.39 is 0 Å². The van der Waals surface area contributed by atoms with Crippen molar-refractivity contribution < 1.29 is 18.9 Å². The minimum Gasteiger partial charge on any atom is -0.497 e. The first-order valence-corrected chi connectivity index (χ1v) is 36.8. The van der Waals surface area contributed by atoms with Gasteiger partial charge in [-0.25, -0.2) is 0 Å². The molecule has 0 spiro atoms. The van der Waals surface area contributed by atoms with Gasteiger partial charge < -0.3 is 47.7 Å². The Balaban J connectivity index is 0.858. The van der Waals surface area contributed by atoms with Crippen LogP contribution < -0.4 is 38.5 Å². The molecule has 0 unspecified atom stereocenters. The van der Waals surface area contributed by atoms with E-state index in [1.165, 1.54) is 32.7 Å². The second kappa shape index (κ2) is 29.6. The molecule has 0 saturated carbocycles. The monoisotopic (exact) mass is 1430 g/mol. The van der Waals surface area contributed by atoms with Crippen molar-refractivity contribution in [3.63, 3.8) is 0 Å². The SMILES string of the molecule is C=Cc1ccc(N(c2ccc(OC)cc2)c2ccc3c(c2)c2cc(N(c4ccc(C=C)cc4)c4ccc(OC)cc4)ccc2n3Cc2c3ccccc3c(Cn3c4ccc(N(c5ccc(C=C)cc5)c5ccc(OC)cc5)cc4c4cc(N(c5ccc(C=C)cc5)c5ccc(OC)cc5)ccc43)c3ccccc23)cc1. The third-order valence-electron chi connectivity index (χ3n) is 21.4. The van der Waals surface area contributed by atoms with Crippen molar-refractivity contribution in [1.82, 2.24) is 9.13 Å². The first kappa shape index (κ1) is 68.9. The molecule has 2 heterocycles. The summed E-state index contributed by atoms with van der Waals surface area (Å²) < 4.78 is 27.9. The molecule has 15 aromatic carbocycles. The van der Waals surface area contributed by atoms with Crippen molar-refractivity contribution in [3.05, 3.63) is 375 Å². The predicted octanol–water partition coefficient (Wildman–Crippen LogP) is 26.8. The number of hydrogen-bond donors (Lipinski definition) is 0. The average molecular weight is 1430 g/mol. The van der Waals surface area contributed by atoms with E-state index in [1.54, 1.807) is 28.4 Å². The molecule has 0 amide bonds. The normalized spacial score (nSPS) is 11.3. The van der Waals surface area contributed by atoms with Gasteiger partial charge in [0.2, 0.25) is 0 Å². The molecule has 17 aromatic rings. The van der Waals surface area contributed by atoms with E-state index in [-0.39, 0.29) is 0 Å². The Morgan fingerprint density at radius 3 is 0.591 bits per heavy atom. The van der Waals surface area contributed by atoms with E-state index >= 15 is 0 Å². The Hall–Kier alpha value is -14.2. The summed E-state index contributed by atoms with van der Waals surface area (Å²) in [4.78, 5) is 9.28. The molecule has 0 aliphatic rings. The summed E-state index contributed by atoms with van der Waals surface area (Å²) in [5.41, 5.74) is 23.1. The van der Waals surface area contributed by atoms with Crippen LogP contribution in [0.4, 0.5) is 68.2 Å². The van der Waals surface area contributed by atoms with Gasteiger partial charge in [0.25, 0.3) is 0 Å². The van der Waals surface area contributed by atoms with Crippen molar-refractivity contribution in [2.24, 2.45) is 0 Å². The van der Waals surface area contributed by atoms with Crippen LogP contribution in [-0.4, -0.2) is 37.6 Å². The minimum atomic E-state index is 0.569. The summed E-state index contributed by atoms with van der Waals surface area (Å²) >= 11 is 0. The van der Waals surface area contributed by atoms with Crippen molar-refractivity contribution in [2.45, 2.75) is 13.1 Å². The Morgan fingerprint density at radius 2 is 0.409 bits per heavy atom. The Morgan fingerprint density at radius 1 is 0.227 bits per heavy atom. The molecule has 0 atom stereocenters. The summed E-state index contributed by atoms with van der Waals surface area (Å²) in [5.74, 6) is 3.14. The van der Waals surface area contributed by atoms with Crippen LogP contribution in [0.2, 0.25) is 0 Å². The molecule has 0 fully saturated rings. The highest BCUT2D eigenvalue weighted by Gasteiger charge is 2.26. The summed E-state index contributed by atoms with van der Waals surface area (Å²) in [6.45, 7) is 17.5. The lowest BCUT2D eigenvalue weighted by molar-refractivity contribution is 0.414. The van der Waals surface area contributed by atoms with E-state index in [9.17, 15) is 0 Å². The molecular weight excluding hydrogens is 1350 g/mol. The number of rotatable bonds is 24. The molecule has 10 nitrogen and oxygen atoms in total. The molecule has 0 aliphatic carbocycles. The molecule has 2 aromatic heterocycles. The second-order valence-electron chi connectivity index (χ2n) is 27.3. The highest BCUT2D eigenvalue weighted by Crippen LogP contribution is 2.48. The predicted molar refractivity (Wildman–Crippen MR) is 464 cm³/mol. The maximum absolute atomic E-state index is 5.71. The van der Waals surface area contributed by atoms with Crippen LogP contribution in [0.1, 0.15) is 33.4 Å². The first-order chi connectivity index (χ1) is 54.1. The number of nitrogens with zero attached hydrogens (tertiary/aromatic N) is 6.